The predicted octanol–water partition coefficient (Wildman–Crippen LogP) is 1.42. The van der Waals surface area contributed by atoms with Gasteiger partial charge in [0, 0.05) is 32.8 Å². The number of likely N-dealkylation sites (tertiary alicyclic amines) is 1. The monoisotopic (exact) mass is 276 g/mol. The van der Waals surface area contributed by atoms with E-state index in [1.54, 1.807) is 0 Å². The van der Waals surface area contributed by atoms with Gasteiger partial charge in [-0.05, 0) is 31.6 Å². The maximum absolute atomic E-state index is 12.6. The highest BCUT2D eigenvalue weighted by Crippen LogP contribution is 2.33. The number of nitrogens with zero attached hydrogens (tertiary/aromatic N) is 1. The van der Waals surface area contributed by atoms with Crippen molar-refractivity contribution >= 4 is 18.3 Å². The van der Waals surface area contributed by atoms with E-state index in [9.17, 15) is 4.79 Å². The Hall–Kier alpha value is -0.320. The lowest BCUT2D eigenvalue weighted by atomic mass is 9.78. The Morgan fingerprint density at radius 3 is 2.39 bits per heavy atom. The summed E-state index contributed by atoms with van der Waals surface area (Å²) in [6.07, 6.45) is 3.83. The third-order valence-corrected chi connectivity index (χ3v) is 4.37. The minimum Gasteiger partial charge on any atom is -0.381 e. The number of halogens is 1. The fourth-order valence-corrected chi connectivity index (χ4v) is 2.81. The minimum absolute atomic E-state index is 0. The summed E-state index contributed by atoms with van der Waals surface area (Å²) in [7, 11) is 0. The van der Waals surface area contributed by atoms with Crippen LogP contribution in [0.1, 0.15) is 32.6 Å². The van der Waals surface area contributed by atoms with Crippen molar-refractivity contribution in [3.05, 3.63) is 0 Å². The quantitative estimate of drug-likeness (QED) is 0.830. The molecule has 18 heavy (non-hydrogen) atoms. The molecule has 2 N–H and O–H groups in total. The molecule has 1 amide bonds. The molecule has 2 aliphatic rings. The van der Waals surface area contributed by atoms with Crippen molar-refractivity contribution in [1.29, 1.82) is 0 Å². The van der Waals surface area contributed by atoms with Crippen molar-refractivity contribution < 1.29 is 9.53 Å². The largest absolute Gasteiger partial charge is 0.381 e. The van der Waals surface area contributed by atoms with E-state index >= 15 is 0 Å². The van der Waals surface area contributed by atoms with Crippen LogP contribution in [0.3, 0.4) is 0 Å². The molecule has 2 heterocycles. The van der Waals surface area contributed by atoms with E-state index in [1.165, 1.54) is 0 Å². The molecule has 0 aliphatic carbocycles. The number of amides is 1. The second kappa shape index (κ2) is 6.73. The smallest absolute Gasteiger partial charge is 0.230 e. The van der Waals surface area contributed by atoms with E-state index in [0.717, 1.165) is 44.7 Å². The Balaban J connectivity index is 0.00000162. The zero-order chi connectivity index (χ0) is 12.3. The van der Waals surface area contributed by atoms with Crippen LogP contribution in [0.2, 0.25) is 0 Å². The van der Waals surface area contributed by atoms with E-state index in [2.05, 4.69) is 6.92 Å². The average molecular weight is 277 g/mol. The third-order valence-electron chi connectivity index (χ3n) is 4.37. The first-order valence-electron chi connectivity index (χ1n) is 6.75. The van der Waals surface area contributed by atoms with Crippen LogP contribution in [-0.4, -0.2) is 43.7 Å². The Kier molecular flexibility index (Phi) is 5.89. The average Bonchev–Trinajstić information content (AvgIpc) is 2.39. The molecular formula is C13H25ClN2O2. The summed E-state index contributed by atoms with van der Waals surface area (Å²) in [4.78, 5) is 14.6. The van der Waals surface area contributed by atoms with Gasteiger partial charge in [0.1, 0.15) is 0 Å². The van der Waals surface area contributed by atoms with Crippen molar-refractivity contribution in [1.82, 2.24) is 4.90 Å². The highest BCUT2D eigenvalue weighted by Gasteiger charge is 2.41. The molecule has 106 valence electrons. The second-order valence-corrected chi connectivity index (χ2v) is 5.57. The number of rotatable bonds is 2. The number of carbonyl (C=O) groups excluding carboxylic acids is 1. The second-order valence-electron chi connectivity index (χ2n) is 5.57. The van der Waals surface area contributed by atoms with Gasteiger partial charge >= 0.3 is 0 Å². The number of piperidine rings is 1. The molecule has 0 bridgehead atoms. The summed E-state index contributed by atoms with van der Waals surface area (Å²) >= 11 is 0. The molecule has 0 saturated carbocycles. The molecule has 2 rings (SSSR count). The molecule has 4 nitrogen and oxygen atoms in total. The first kappa shape index (κ1) is 15.7. The molecule has 0 atom stereocenters. The van der Waals surface area contributed by atoms with Crippen LogP contribution in [0.25, 0.3) is 0 Å². The van der Waals surface area contributed by atoms with E-state index in [1.807, 2.05) is 4.90 Å². The Bertz CT molecular complexity index is 272. The van der Waals surface area contributed by atoms with Gasteiger partial charge in [0.2, 0.25) is 5.91 Å². The minimum atomic E-state index is -0.334. The summed E-state index contributed by atoms with van der Waals surface area (Å²) in [5.74, 6) is 1.03. The predicted molar refractivity (Wildman–Crippen MR) is 73.8 cm³/mol. The van der Waals surface area contributed by atoms with Gasteiger partial charge < -0.3 is 15.4 Å². The van der Waals surface area contributed by atoms with Gasteiger partial charge in [-0.2, -0.15) is 0 Å². The van der Waals surface area contributed by atoms with Gasteiger partial charge in [0.15, 0.2) is 0 Å². The van der Waals surface area contributed by atoms with Crippen molar-refractivity contribution in [2.75, 3.05) is 32.8 Å². The molecule has 0 unspecified atom stereocenters. The number of ether oxygens (including phenoxy) is 1. The SMILES string of the molecule is CC1CCN(C(=O)C2(CN)CCOCC2)CC1.Cl. The van der Waals surface area contributed by atoms with Gasteiger partial charge in [-0.1, -0.05) is 6.92 Å². The summed E-state index contributed by atoms with van der Waals surface area (Å²) in [6, 6.07) is 0. The Morgan fingerprint density at radius 1 is 1.33 bits per heavy atom. The lowest BCUT2D eigenvalue weighted by Crippen LogP contribution is -2.52. The highest BCUT2D eigenvalue weighted by atomic mass is 35.5. The van der Waals surface area contributed by atoms with Gasteiger partial charge in [0.25, 0.3) is 0 Å². The van der Waals surface area contributed by atoms with Crippen LogP contribution < -0.4 is 5.73 Å². The van der Waals surface area contributed by atoms with Crippen LogP contribution in [-0.2, 0) is 9.53 Å². The number of nitrogens with two attached hydrogens (primary N) is 1. The summed E-state index contributed by atoms with van der Waals surface area (Å²) in [5, 5.41) is 0. The zero-order valence-corrected chi connectivity index (χ0v) is 12.0. The van der Waals surface area contributed by atoms with Gasteiger partial charge in [0.05, 0.1) is 5.41 Å². The van der Waals surface area contributed by atoms with Crippen LogP contribution in [0.4, 0.5) is 0 Å². The van der Waals surface area contributed by atoms with Crippen LogP contribution in [0.5, 0.6) is 0 Å². The number of hydrogen-bond acceptors (Lipinski definition) is 3. The number of hydrogen-bond donors (Lipinski definition) is 1. The molecule has 0 radical (unpaired) electrons. The standard InChI is InChI=1S/C13H24N2O2.ClH/c1-11-2-6-15(7-3-11)12(16)13(10-14)4-8-17-9-5-13;/h11H,2-10,14H2,1H3;1H. The van der Waals surface area contributed by atoms with E-state index in [0.29, 0.717) is 19.8 Å². The van der Waals surface area contributed by atoms with Gasteiger partial charge in [-0.15, -0.1) is 12.4 Å². The molecule has 5 heteroatoms. The maximum atomic E-state index is 12.6. The maximum Gasteiger partial charge on any atom is 0.230 e. The molecule has 0 aromatic carbocycles. The van der Waals surface area contributed by atoms with Gasteiger partial charge in [-0.25, -0.2) is 0 Å². The molecule has 0 spiro atoms. The van der Waals surface area contributed by atoms with E-state index in [4.69, 9.17) is 10.5 Å². The first-order valence-corrected chi connectivity index (χ1v) is 6.75. The topological polar surface area (TPSA) is 55.6 Å². The molecule has 0 aromatic rings. The molecule has 2 fully saturated rings. The van der Waals surface area contributed by atoms with Crippen molar-refractivity contribution in [2.45, 2.75) is 32.6 Å². The molecular weight excluding hydrogens is 252 g/mol. The lowest BCUT2D eigenvalue weighted by Gasteiger charge is -2.41. The fourth-order valence-electron chi connectivity index (χ4n) is 2.81. The third kappa shape index (κ3) is 3.16. The highest BCUT2D eigenvalue weighted by molar-refractivity contribution is 5.85. The van der Waals surface area contributed by atoms with Crippen LogP contribution in [0, 0.1) is 11.3 Å². The fraction of sp³-hybridized carbons (Fsp3) is 0.923. The summed E-state index contributed by atoms with van der Waals surface area (Å²) < 4.78 is 5.35. The molecule has 2 aliphatic heterocycles. The normalized spacial score (nSPS) is 24.4. The zero-order valence-electron chi connectivity index (χ0n) is 11.2. The van der Waals surface area contributed by atoms with Gasteiger partial charge in [-0.3, -0.25) is 4.79 Å². The van der Waals surface area contributed by atoms with E-state index in [-0.39, 0.29) is 23.7 Å². The summed E-state index contributed by atoms with van der Waals surface area (Å²) in [6.45, 7) is 5.88. The van der Waals surface area contributed by atoms with Crippen molar-refractivity contribution in [3.63, 3.8) is 0 Å². The summed E-state index contributed by atoms with van der Waals surface area (Å²) in [5.41, 5.74) is 5.54. The lowest BCUT2D eigenvalue weighted by molar-refractivity contribution is -0.148. The van der Waals surface area contributed by atoms with Crippen LogP contribution >= 0.6 is 12.4 Å². The first-order chi connectivity index (χ1) is 8.18. The Labute approximate surface area is 116 Å². The Morgan fingerprint density at radius 2 is 1.89 bits per heavy atom. The van der Waals surface area contributed by atoms with Crippen molar-refractivity contribution in [2.24, 2.45) is 17.1 Å². The molecule has 0 aromatic heterocycles. The molecule has 2 saturated heterocycles. The number of carbonyl (C=O) groups is 1. The van der Waals surface area contributed by atoms with E-state index < -0.39 is 0 Å². The van der Waals surface area contributed by atoms with Crippen molar-refractivity contribution in [3.8, 4) is 0 Å². The van der Waals surface area contributed by atoms with Crippen LogP contribution in [0.15, 0.2) is 0 Å².